The van der Waals surface area contributed by atoms with Gasteiger partial charge in [0.2, 0.25) is 0 Å². The highest BCUT2D eigenvalue weighted by molar-refractivity contribution is 5.32. The Bertz CT molecular complexity index is 384. The van der Waals surface area contributed by atoms with Crippen LogP contribution in [0.4, 0.5) is 0 Å². The number of morpholine rings is 1. The van der Waals surface area contributed by atoms with E-state index in [4.69, 9.17) is 4.74 Å². The lowest BCUT2D eigenvalue weighted by Crippen LogP contribution is -2.47. The zero-order valence-electron chi connectivity index (χ0n) is 10.6. The molecule has 0 radical (unpaired) electrons. The molecule has 16 heavy (non-hydrogen) atoms. The molecule has 1 unspecified atom stereocenters. The van der Waals surface area contributed by atoms with Crippen LogP contribution >= 0.6 is 0 Å². The lowest BCUT2D eigenvalue weighted by atomic mass is 9.98. The van der Waals surface area contributed by atoms with E-state index in [0.717, 1.165) is 13.1 Å². The fourth-order valence-electron chi connectivity index (χ4n) is 2.33. The van der Waals surface area contributed by atoms with Gasteiger partial charge in [0.25, 0.3) is 0 Å². The minimum Gasteiger partial charge on any atom is -0.365 e. The summed E-state index contributed by atoms with van der Waals surface area (Å²) in [5.74, 6) is 0. The largest absolute Gasteiger partial charge is 0.365 e. The van der Waals surface area contributed by atoms with Crippen LogP contribution in [0.5, 0.6) is 0 Å². The van der Waals surface area contributed by atoms with E-state index in [1.807, 2.05) is 0 Å². The summed E-state index contributed by atoms with van der Waals surface area (Å²) in [5, 5.41) is 3.44. The second-order valence-electron chi connectivity index (χ2n) is 5.36. The van der Waals surface area contributed by atoms with Crippen LogP contribution in [0.1, 0.15) is 36.6 Å². The van der Waals surface area contributed by atoms with E-state index < -0.39 is 0 Å². The predicted molar refractivity (Wildman–Crippen MR) is 66.7 cm³/mol. The summed E-state index contributed by atoms with van der Waals surface area (Å²) < 4.78 is 6.12. The van der Waals surface area contributed by atoms with Crippen molar-refractivity contribution in [2.24, 2.45) is 0 Å². The topological polar surface area (TPSA) is 21.3 Å². The van der Waals surface area contributed by atoms with E-state index in [1.54, 1.807) is 0 Å². The molecule has 1 atom stereocenters. The molecule has 1 aliphatic rings. The van der Waals surface area contributed by atoms with Crippen molar-refractivity contribution in [2.45, 2.75) is 39.4 Å². The third kappa shape index (κ3) is 2.45. The van der Waals surface area contributed by atoms with Crippen molar-refractivity contribution in [3.8, 4) is 0 Å². The van der Waals surface area contributed by atoms with Gasteiger partial charge in [0, 0.05) is 13.1 Å². The first kappa shape index (κ1) is 11.6. The monoisotopic (exact) mass is 219 g/mol. The molecular formula is C14H21NO. The van der Waals surface area contributed by atoms with Crippen LogP contribution in [0.15, 0.2) is 18.2 Å². The summed E-state index contributed by atoms with van der Waals surface area (Å²) >= 11 is 0. The fraction of sp³-hybridized carbons (Fsp3) is 0.571. The Labute approximate surface area is 98.0 Å². The summed E-state index contributed by atoms with van der Waals surface area (Å²) in [6.45, 7) is 10.4. The normalized spacial score (nSPS) is 24.4. The van der Waals surface area contributed by atoms with E-state index in [1.165, 1.54) is 16.7 Å². The molecule has 1 heterocycles. The van der Waals surface area contributed by atoms with Crippen LogP contribution in [-0.4, -0.2) is 18.7 Å². The SMILES string of the molecule is Cc1ccc(C2CNCC(C)(C)O2)c(C)c1. The molecular weight excluding hydrogens is 198 g/mol. The first-order chi connectivity index (χ1) is 7.48. The molecule has 2 rings (SSSR count). The number of hydrogen-bond donors (Lipinski definition) is 1. The van der Waals surface area contributed by atoms with Crippen LogP contribution in [0.2, 0.25) is 0 Å². The van der Waals surface area contributed by atoms with Crippen molar-refractivity contribution in [1.29, 1.82) is 0 Å². The maximum atomic E-state index is 6.12. The second-order valence-corrected chi connectivity index (χ2v) is 5.36. The number of aryl methyl sites for hydroxylation is 2. The quantitative estimate of drug-likeness (QED) is 0.784. The molecule has 88 valence electrons. The standard InChI is InChI=1S/C14H21NO/c1-10-5-6-12(11(2)7-10)13-8-15-9-14(3,4)16-13/h5-7,13,15H,8-9H2,1-4H3. The van der Waals surface area contributed by atoms with Crippen molar-refractivity contribution in [1.82, 2.24) is 5.32 Å². The Morgan fingerprint density at radius 3 is 2.69 bits per heavy atom. The van der Waals surface area contributed by atoms with Gasteiger partial charge in [-0.25, -0.2) is 0 Å². The van der Waals surface area contributed by atoms with Crippen molar-refractivity contribution in [2.75, 3.05) is 13.1 Å². The van der Waals surface area contributed by atoms with Crippen molar-refractivity contribution in [3.63, 3.8) is 0 Å². The Morgan fingerprint density at radius 1 is 1.31 bits per heavy atom. The molecule has 1 saturated heterocycles. The third-order valence-electron chi connectivity index (χ3n) is 3.11. The number of rotatable bonds is 1. The first-order valence-corrected chi connectivity index (χ1v) is 5.94. The molecule has 1 aliphatic heterocycles. The van der Waals surface area contributed by atoms with Gasteiger partial charge in [-0.05, 0) is 38.8 Å². The molecule has 1 N–H and O–H groups in total. The highest BCUT2D eigenvalue weighted by atomic mass is 16.5. The van der Waals surface area contributed by atoms with Crippen molar-refractivity contribution >= 4 is 0 Å². The van der Waals surface area contributed by atoms with Gasteiger partial charge in [-0.1, -0.05) is 23.8 Å². The van der Waals surface area contributed by atoms with Gasteiger partial charge in [-0.3, -0.25) is 0 Å². The third-order valence-corrected chi connectivity index (χ3v) is 3.11. The number of nitrogens with one attached hydrogen (secondary N) is 1. The van der Waals surface area contributed by atoms with E-state index in [9.17, 15) is 0 Å². The summed E-state index contributed by atoms with van der Waals surface area (Å²) in [6.07, 6.45) is 0.185. The molecule has 0 bridgehead atoms. The zero-order valence-corrected chi connectivity index (χ0v) is 10.6. The number of hydrogen-bond acceptors (Lipinski definition) is 2. The van der Waals surface area contributed by atoms with E-state index >= 15 is 0 Å². The lowest BCUT2D eigenvalue weighted by molar-refractivity contribution is -0.0960. The Morgan fingerprint density at radius 2 is 2.06 bits per heavy atom. The minimum absolute atomic E-state index is 0.0692. The second kappa shape index (κ2) is 4.19. The Kier molecular flexibility index (Phi) is 3.04. The molecule has 0 spiro atoms. The summed E-state index contributed by atoms with van der Waals surface area (Å²) in [4.78, 5) is 0. The molecule has 2 nitrogen and oxygen atoms in total. The smallest absolute Gasteiger partial charge is 0.0959 e. The van der Waals surface area contributed by atoms with Crippen LogP contribution in [0.3, 0.4) is 0 Å². The van der Waals surface area contributed by atoms with Gasteiger partial charge in [-0.2, -0.15) is 0 Å². The maximum absolute atomic E-state index is 6.12. The summed E-state index contributed by atoms with van der Waals surface area (Å²) in [6, 6.07) is 6.58. The molecule has 0 aromatic heterocycles. The van der Waals surface area contributed by atoms with E-state index in [2.05, 4.69) is 51.2 Å². The highest BCUT2D eigenvalue weighted by Crippen LogP contribution is 2.29. The van der Waals surface area contributed by atoms with E-state index in [0.29, 0.717) is 0 Å². The van der Waals surface area contributed by atoms with Crippen molar-refractivity contribution in [3.05, 3.63) is 34.9 Å². The molecule has 2 heteroatoms. The average molecular weight is 219 g/mol. The van der Waals surface area contributed by atoms with Gasteiger partial charge in [0.15, 0.2) is 0 Å². The van der Waals surface area contributed by atoms with E-state index in [-0.39, 0.29) is 11.7 Å². The van der Waals surface area contributed by atoms with Gasteiger partial charge in [0.1, 0.15) is 0 Å². The Balaban J connectivity index is 2.23. The van der Waals surface area contributed by atoms with Gasteiger partial charge >= 0.3 is 0 Å². The van der Waals surface area contributed by atoms with Crippen LogP contribution in [-0.2, 0) is 4.74 Å². The predicted octanol–water partition coefficient (Wildman–Crippen LogP) is 2.74. The summed E-state index contributed by atoms with van der Waals surface area (Å²) in [5.41, 5.74) is 3.87. The van der Waals surface area contributed by atoms with Crippen LogP contribution in [0, 0.1) is 13.8 Å². The van der Waals surface area contributed by atoms with Gasteiger partial charge in [0.05, 0.1) is 11.7 Å². The zero-order chi connectivity index (χ0) is 11.8. The minimum atomic E-state index is -0.0692. The van der Waals surface area contributed by atoms with Crippen LogP contribution < -0.4 is 5.32 Å². The summed E-state index contributed by atoms with van der Waals surface area (Å²) in [7, 11) is 0. The Hall–Kier alpha value is -0.860. The first-order valence-electron chi connectivity index (χ1n) is 5.94. The highest BCUT2D eigenvalue weighted by Gasteiger charge is 2.29. The maximum Gasteiger partial charge on any atom is 0.0959 e. The molecule has 0 amide bonds. The van der Waals surface area contributed by atoms with Gasteiger partial charge in [-0.15, -0.1) is 0 Å². The molecule has 0 saturated carbocycles. The number of ether oxygens (including phenoxy) is 1. The number of benzene rings is 1. The molecule has 1 aromatic rings. The lowest BCUT2D eigenvalue weighted by Gasteiger charge is -2.37. The molecule has 1 fully saturated rings. The van der Waals surface area contributed by atoms with Gasteiger partial charge < -0.3 is 10.1 Å². The molecule has 1 aromatic carbocycles. The van der Waals surface area contributed by atoms with Crippen LogP contribution in [0.25, 0.3) is 0 Å². The average Bonchev–Trinajstić information content (AvgIpc) is 2.15. The molecule has 0 aliphatic carbocycles. The van der Waals surface area contributed by atoms with Crippen molar-refractivity contribution < 1.29 is 4.74 Å². The fourth-order valence-corrected chi connectivity index (χ4v) is 2.33.